The van der Waals surface area contributed by atoms with E-state index in [1.54, 1.807) is 19.1 Å². The van der Waals surface area contributed by atoms with Gasteiger partial charge in [0, 0.05) is 74.5 Å². The summed E-state index contributed by atoms with van der Waals surface area (Å²) in [5.41, 5.74) is 22.9. The largest absolute Gasteiger partial charge is 0.508 e. The number of hydrogen-bond acceptors (Lipinski definition) is 19. The Morgan fingerprint density at radius 2 is 1.09 bits per heavy atom. The summed E-state index contributed by atoms with van der Waals surface area (Å²) in [6, 6.07) is 2.97. The molecule has 19 N–H and O–H groups in total. The van der Waals surface area contributed by atoms with Crippen LogP contribution in [0, 0.1) is 35.5 Å². The van der Waals surface area contributed by atoms with Crippen molar-refractivity contribution < 1.29 is 97.6 Å². The van der Waals surface area contributed by atoms with E-state index in [9.17, 15) is 92.7 Å². The topological polar surface area (TPSA) is 522 Å². The average Bonchev–Trinajstić information content (AvgIpc) is 2.03. The van der Waals surface area contributed by atoms with Crippen LogP contribution in [-0.4, -0.2) is 187 Å². The molecule has 30 nitrogen and oxygen atoms in total. The minimum Gasteiger partial charge on any atom is -0.508 e. The number of amides is 8. The van der Waals surface area contributed by atoms with Crippen molar-refractivity contribution in [3.63, 3.8) is 0 Å². The highest BCUT2D eigenvalue weighted by Crippen LogP contribution is 2.25. The highest BCUT2D eigenvalue weighted by Gasteiger charge is 2.41. The Kier molecular flexibility index (Phi) is 33.5. The molecule has 1 fully saturated rings. The second-order valence-corrected chi connectivity index (χ2v) is 24.6. The van der Waals surface area contributed by atoms with Crippen LogP contribution in [0.3, 0.4) is 0 Å². The second-order valence-electron chi connectivity index (χ2n) is 24.2. The Balaban J connectivity index is 1.71. The third-order valence-corrected chi connectivity index (χ3v) is 16.3. The van der Waals surface area contributed by atoms with Crippen LogP contribution in [0.1, 0.15) is 122 Å². The van der Waals surface area contributed by atoms with Gasteiger partial charge in [0.2, 0.25) is 47.3 Å². The summed E-state index contributed by atoms with van der Waals surface area (Å²) in [6.07, 6.45) is -4.19. The number of Topliss-reactive ketones (excluding diaryl/α,β-unsaturated/α-hetero) is 5. The number of aliphatic carboxylic acids is 1. The smallest absolute Gasteiger partial charge is 0.338 e. The van der Waals surface area contributed by atoms with Crippen LogP contribution in [0.4, 0.5) is 0 Å². The van der Waals surface area contributed by atoms with E-state index in [4.69, 9.17) is 22.9 Å². The van der Waals surface area contributed by atoms with Crippen LogP contribution in [0.5, 0.6) is 11.5 Å². The first kappa shape index (κ1) is 79.4. The molecule has 518 valence electrons. The van der Waals surface area contributed by atoms with Gasteiger partial charge in [-0.15, -0.1) is 0 Å². The molecule has 31 heteroatoms. The van der Waals surface area contributed by atoms with Gasteiger partial charge in [-0.25, -0.2) is 0 Å². The molecule has 2 aromatic carbocycles. The first-order valence-corrected chi connectivity index (χ1v) is 31.6. The van der Waals surface area contributed by atoms with E-state index >= 15 is 0 Å². The van der Waals surface area contributed by atoms with Crippen molar-refractivity contribution in [3.05, 3.63) is 59.7 Å². The number of guanidine groups is 1. The number of carboxylic acids is 1. The third kappa shape index (κ3) is 27.4. The standard InChI is InChI=1S/C63H91N11O19S/c1-33(2)21-34(3)50(80)25-38(23-36-9-13-41(77)14-10-36)59(90)70-43(7-5-19-68-63(66)67)51(81)22-35(4)58(89)71-44(28-54(64)84)49(79)17-18-55(85)69-45(29-56(86)87)52(82)27-40(30-75)62(93)74-20-6-8-48(74)61(92)73-47(32-94)53(83)26-39(24-37-11-15-42(78)16-12-37)60(91)72-46(31-76)57(65)88/h9-16,33-35,38-40,43-48,75-78,94H,5-8,17-32H2,1-4H3,(H2,64,84)(H2,65,88)(H,69,85)(H,70,90)(H,71,89)(H,72,91)(H,73,92)(H,86,87)(H4,66,67,68)/p+1/t34-,35+,38+,39+,40-,43-,44-,45-,46-,47-,48-/m0/s1. The third-order valence-electron chi connectivity index (χ3n) is 15.9. The van der Waals surface area contributed by atoms with Crippen molar-refractivity contribution in [2.75, 3.05) is 32.1 Å². The molecule has 0 spiro atoms. The summed E-state index contributed by atoms with van der Waals surface area (Å²) < 4.78 is 0. The van der Waals surface area contributed by atoms with E-state index in [0.717, 1.165) is 4.90 Å². The molecular weight excluding hydrogens is 1250 g/mol. The van der Waals surface area contributed by atoms with Gasteiger partial charge < -0.3 is 68.5 Å². The summed E-state index contributed by atoms with van der Waals surface area (Å²) in [5, 5.41) is 61.6. The highest BCUT2D eigenvalue weighted by atomic mass is 32.1. The first-order chi connectivity index (χ1) is 44.3. The maximum atomic E-state index is 14.1. The molecular formula is C63H92N11O19S+. The summed E-state index contributed by atoms with van der Waals surface area (Å²) in [5.74, 6) is -17.9. The molecule has 0 radical (unpaired) electrons. The number of phenolic OH excluding ortho intramolecular Hbond substituents is 2. The Bertz CT molecular complexity index is 3030. The Labute approximate surface area is 549 Å². The summed E-state index contributed by atoms with van der Waals surface area (Å²) in [4.78, 5) is 191. The predicted octanol–water partition coefficient (Wildman–Crippen LogP) is -3.47. The number of benzene rings is 2. The van der Waals surface area contributed by atoms with Crippen molar-refractivity contribution in [2.24, 2.45) is 58.4 Å². The zero-order chi connectivity index (χ0) is 70.5. The van der Waals surface area contributed by atoms with Gasteiger partial charge in [0.05, 0.1) is 62.7 Å². The normalized spacial score (nSPS) is 16.0. The molecule has 1 saturated heterocycles. The van der Waals surface area contributed by atoms with E-state index < -0.39 is 194 Å². The SMILES string of the molecule is CC(C)C[C@H](C)C(=O)C[C@@H](Cc1ccc(O)cc1)C(=O)N[C@@H](CCC[NH+]=C(N)N)C(=O)C[C@@H](C)C(=O)N[C@@H](CC(N)=O)C(=O)CCC(=O)N[C@@H](CC(=O)O)C(=O)C[C@@H](CO)C(=O)N1CCC[C@H]1C(=O)N[C@@H](CS)C(=O)C[C@@H](Cc1ccc(O)cc1)C(=O)N[C@@H](CO)C(N)=O. The van der Waals surface area contributed by atoms with E-state index in [-0.39, 0.29) is 98.9 Å². The number of nitrogens with zero attached hydrogens (tertiary/aromatic N) is 1. The number of carbonyl (C=O) groups excluding carboxylic acids is 13. The van der Waals surface area contributed by atoms with Crippen LogP contribution < -0.4 is 54.5 Å². The number of likely N-dealkylation sites (tertiary alicyclic amines) is 1. The van der Waals surface area contributed by atoms with Crippen molar-refractivity contribution in [1.29, 1.82) is 0 Å². The number of thiol groups is 1. The molecule has 94 heavy (non-hydrogen) atoms. The number of aromatic hydroxyl groups is 2. The van der Waals surface area contributed by atoms with Crippen LogP contribution in [0.15, 0.2) is 48.5 Å². The minimum absolute atomic E-state index is 0.0132. The van der Waals surface area contributed by atoms with E-state index in [2.05, 4.69) is 44.2 Å². The monoisotopic (exact) mass is 1340 g/mol. The van der Waals surface area contributed by atoms with Crippen LogP contribution in [0.2, 0.25) is 0 Å². The number of nitrogens with one attached hydrogen (secondary N) is 6. The maximum Gasteiger partial charge on any atom is 0.338 e. The Morgan fingerprint density at radius 1 is 0.574 bits per heavy atom. The molecule has 0 unspecified atom stereocenters. The molecule has 0 aliphatic carbocycles. The lowest BCUT2D eigenvalue weighted by atomic mass is 9.86. The fraction of sp³-hybridized carbons (Fsp3) is 0.571. The second kappa shape index (κ2) is 39.6. The zero-order valence-electron chi connectivity index (χ0n) is 53.3. The minimum atomic E-state index is -1.83. The first-order valence-electron chi connectivity index (χ1n) is 31.0. The number of carbonyl (C=O) groups is 14. The number of ketones is 5. The van der Waals surface area contributed by atoms with Crippen molar-refractivity contribution >= 4 is 101 Å². The number of phenols is 2. The van der Waals surface area contributed by atoms with Crippen molar-refractivity contribution in [2.45, 2.75) is 160 Å². The maximum absolute atomic E-state index is 14.1. The predicted molar refractivity (Wildman–Crippen MR) is 341 cm³/mol. The van der Waals surface area contributed by atoms with Gasteiger partial charge in [-0.05, 0) is 86.3 Å². The van der Waals surface area contributed by atoms with Crippen LogP contribution >= 0.6 is 12.6 Å². The van der Waals surface area contributed by atoms with Gasteiger partial charge in [0.15, 0.2) is 23.1 Å². The Morgan fingerprint density at radius 3 is 1.59 bits per heavy atom. The number of aliphatic hydroxyl groups is 2. The number of rotatable bonds is 44. The molecule has 0 aromatic heterocycles. The molecule has 11 atom stereocenters. The molecule has 3 rings (SSSR count). The summed E-state index contributed by atoms with van der Waals surface area (Å²) in [6.45, 7) is 5.34. The molecule has 0 saturated carbocycles. The van der Waals surface area contributed by atoms with Gasteiger partial charge in [-0.1, -0.05) is 52.0 Å². The average molecular weight is 1340 g/mol. The molecule has 8 amide bonds. The molecule has 2 aromatic rings. The van der Waals surface area contributed by atoms with Gasteiger partial charge in [-0.2, -0.15) is 12.6 Å². The van der Waals surface area contributed by atoms with E-state index in [1.165, 1.54) is 43.3 Å². The molecule has 1 aliphatic rings. The number of carboxylic acid groups (broad SMARTS) is 1. The fourth-order valence-corrected chi connectivity index (χ4v) is 11.0. The summed E-state index contributed by atoms with van der Waals surface area (Å²) >= 11 is 4.23. The molecule has 1 aliphatic heterocycles. The van der Waals surface area contributed by atoms with Crippen molar-refractivity contribution in [1.82, 2.24) is 31.5 Å². The fourth-order valence-electron chi connectivity index (χ4n) is 10.7. The number of primary amides is 2. The van der Waals surface area contributed by atoms with E-state index in [0.29, 0.717) is 17.5 Å². The van der Waals surface area contributed by atoms with Gasteiger partial charge >= 0.3 is 11.9 Å². The zero-order valence-corrected chi connectivity index (χ0v) is 54.2. The van der Waals surface area contributed by atoms with Gasteiger partial charge in [-0.3, -0.25) is 83.6 Å². The lowest BCUT2D eigenvalue weighted by molar-refractivity contribution is -0.459. The van der Waals surface area contributed by atoms with Crippen LogP contribution in [-0.2, 0) is 80.0 Å². The quantitative estimate of drug-likeness (QED) is 0.0133. The lowest BCUT2D eigenvalue weighted by Crippen LogP contribution is -2.78. The lowest BCUT2D eigenvalue weighted by Gasteiger charge is -2.29. The molecule has 1 heterocycles. The van der Waals surface area contributed by atoms with E-state index in [1.807, 2.05) is 13.8 Å². The number of aliphatic hydroxyl groups excluding tert-OH is 2. The number of nitrogens with two attached hydrogens (primary N) is 4. The highest BCUT2D eigenvalue weighted by molar-refractivity contribution is 7.80. The van der Waals surface area contributed by atoms with Crippen molar-refractivity contribution in [3.8, 4) is 11.5 Å². The summed E-state index contributed by atoms with van der Waals surface area (Å²) in [7, 11) is 0. The van der Waals surface area contributed by atoms with Crippen LogP contribution in [0.25, 0.3) is 0 Å². The van der Waals surface area contributed by atoms with Gasteiger partial charge in [0.25, 0.3) is 0 Å². The molecule has 0 bridgehead atoms. The van der Waals surface area contributed by atoms with Gasteiger partial charge in [0.1, 0.15) is 29.4 Å². The number of hydrogen-bond donors (Lipinski definition) is 16. The Hall–Kier alpha value is -8.84.